The molecule has 3 aromatic rings. The van der Waals surface area contributed by atoms with Crippen molar-refractivity contribution in [1.82, 2.24) is 15.0 Å². The van der Waals surface area contributed by atoms with Crippen LogP contribution in [0, 0.1) is 10.1 Å². The second-order valence-corrected chi connectivity index (χ2v) is 5.45. The number of hydrogen-bond donors (Lipinski definition) is 2. The highest BCUT2D eigenvalue weighted by atomic mass is 16.6. The molecule has 2 N–H and O–H groups in total. The molecular formula is C18H18N6O3. The fourth-order valence-corrected chi connectivity index (χ4v) is 2.44. The second-order valence-electron chi connectivity index (χ2n) is 5.45. The average Bonchev–Trinajstić information content (AvgIpc) is 2.69. The van der Waals surface area contributed by atoms with Crippen LogP contribution in [0.1, 0.15) is 12.5 Å². The average molecular weight is 366 g/mol. The van der Waals surface area contributed by atoms with Crippen molar-refractivity contribution >= 4 is 23.0 Å². The topological polar surface area (TPSA) is 115 Å². The van der Waals surface area contributed by atoms with Gasteiger partial charge >= 0.3 is 5.69 Å². The monoisotopic (exact) mass is 366 g/mol. The van der Waals surface area contributed by atoms with Crippen LogP contribution in [0.4, 0.5) is 23.0 Å². The summed E-state index contributed by atoms with van der Waals surface area (Å²) in [7, 11) is 0. The van der Waals surface area contributed by atoms with Crippen molar-refractivity contribution in [2.75, 3.05) is 17.2 Å². The first-order valence-electron chi connectivity index (χ1n) is 8.30. The third-order valence-electron chi connectivity index (χ3n) is 3.63. The van der Waals surface area contributed by atoms with E-state index in [1.165, 1.54) is 6.33 Å². The predicted molar refractivity (Wildman–Crippen MR) is 101 cm³/mol. The van der Waals surface area contributed by atoms with Crippen LogP contribution in [0.15, 0.2) is 55.1 Å². The van der Waals surface area contributed by atoms with Crippen LogP contribution in [0.3, 0.4) is 0 Å². The first kappa shape index (κ1) is 18.1. The van der Waals surface area contributed by atoms with Gasteiger partial charge in [0, 0.05) is 18.9 Å². The number of hydrogen-bond acceptors (Lipinski definition) is 8. The Balaban J connectivity index is 1.89. The fraction of sp³-hybridized carbons (Fsp3) is 0.167. The van der Waals surface area contributed by atoms with Gasteiger partial charge < -0.3 is 15.4 Å². The van der Waals surface area contributed by atoms with Gasteiger partial charge in [-0.15, -0.1) is 0 Å². The molecule has 0 saturated heterocycles. The highest BCUT2D eigenvalue weighted by Gasteiger charge is 2.23. The van der Waals surface area contributed by atoms with E-state index in [9.17, 15) is 10.1 Å². The molecule has 27 heavy (non-hydrogen) atoms. The Morgan fingerprint density at radius 2 is 1.96 bits per heavy atom. The maximum atomic E-state index is 11.7. The van der Waals surface area contributed by atoms with Gasteiger partial charge in [-0.3, -0.25) is 15.1 Å². The normalized spacial score (nSPS) is 10.3. The second kappa shape index (κ2) is 8.56. The third kappa shape index (κ3) is 4.46. The van der Waals surface area contributed by atoms with Crippen LogP contribution >= 0.6 is 0 Å². The summed E-state index contributed by atoms with van der Waals surface area (Å²) in [5, 5.41) is 17.6. The fourth-order valence-electron chi connectivity index (χ4n) is 2.44. The van der Waals surface area contributed by atoms with Gasteiger partial charge in [-0.25, -0.2) is 9.97 Å². The number of nitrogens with one attached hydrogen (secondary N) is 2. The minimum atomic E-state index is -0.517. The number of aromatic nitrogens is 3. The van der Waals surface area contributed by atoms with Crippen molar-refractivity contribution in [2.45, 2.75) is 13.5 Å². The smallest absolute Gasteiger partial charge is 0.353 e. The molecule has 0 atom stereocenters. The van der Waals surface area contributed by atoms with Gasteiger partial charge in [0.1, 0.15) is 12.1 Å². The van der Waals surface area contributed by atoms with E-state index in [-0.39, 0.29) is 17.3 Å². The first-order valence-corrected chi connectivity index (χ1v) is 8.30. The molecule has 0 unspecified atom stereocenters. The molecule has 0 fully saturated rings. The van der Waals surface area contributed by atoms with E-state index >= 15 is 0 Å². The number of nitrogens with zero attached hydrogens (tertiary/aromatic N) is 4. The summed E-state index contributed by atoms with van der Waals surface area (Å²) >= 11 is 0. The minimum Gasteiger partial charge on any atom is -0.492 e. The van der Waals surface area contributed by atoms with E-state index < -0.39 is 4.92 Å². The van der Waals surface area contributed by atoms with Crippen molar-refractivity contribution in [1.29, 1.82) is 0 Å². The summed E-state index contributed by atoms with van der Waals surface area (Å²) in [5.41, 5.74) is 1.22. The number of rotatable bonds is 8. The standard InChI is InChI=1S/C18H18N6O3/c1-2-27-15-8-4-3-7-14(15)23-18-16(24(25)26)17(21-12-22-18)20-11-13-6-5-9-19-10-13/h3-10,12H,2,11H2,1H3,(H2,20,21,22,23). The summed E-state index contributed by atoms with van der Waals surface area (Å²) in [6.07, 6.45) is 4.61. The van der Waals surface area contributed by atoms with Crippen molar-refractivity contribution in [3.63, 3.8) is 0 Å². The first-order chi connectivity index (χ1) is 13.2. The Morgan fingerprint density at radius 3 is 2.70 bits per heavy atom. The summed E-state index contributed by atoms with van der Waals surface area (Å²) in [6.45, 7) is 2.69. The van der Waals surface area contributed by atoms with E-state index in [2.05, 4.69) is 25.6 Å². The van der Waals surface area contributed by atoms with Crippen LogP contribution in [-0.2, 0) is 6.54 Å². The molecule has 0 aliphatic rings. The predicted octanol–water partition coefficient (Wildman–Crippen LogP) is 3.53. The largest absolute Gasteiger partial charge is 0.492 e. The molecule has 0 bridgehead atoms. The van der Waals surface area contributed by atoms with Gasteiger partial charge in [-0.05, 0) is 30.7 Å². The lowest BCUT2D eigenvalue weighted by Crippen LogP contribution is -2.08. The molecule has 1 aromatic carbocycles. The molecule has 0 spiro atoms. The van der Waals surface area contributed by atoms with Crippen molar-refractivity contribution < 1.29 is 9.66 Å². The SMILES string of the molecule is CCOc1ccccc1Nc1ncnc(NCc2cccnc2)c1[N+](=O)[O-]. The Labute approximate surface area is 155 Å². The van der Waals surface area contributed by atoms with E-state index in [1.54, 1.807) is 36.7 Å². The molecule has 9 nitrogen and oxygen atoms in total. The van der Waals surface area contributed by atoms with Gasteiger partial charge in [-0.2, -0.15) is 0 Å². The Hall–Kier alpha value is -3.75. The van der Waals surface area contributed by atoms with Crippen LogP contribution in [0.5, 0.6) is 5.75 Å². The Bertz CT molecular complexity index is 920. The molecule has 0 amide bonds. The molecule has 138 valence electrons. The van der Waals surface area contributed by atoms with Crippen LogP contribution in [0.25, 0.3) is 0 Å². The molecule has 0 radical (unpaired) electrons. The molecule has 9 heteroatoms. The summed E-state index contributed by atoms with van der Waals surface area (Å²) in [6, 6.07) is 10.8. The maximum Gasteiger partial charge on any atom is 0.353 e. The zero-order valence-corrected chi connectivity index (χ0v) is 14.6. The Kier molecular flexibility index (Phi) is 5.73. The van der Waals surface area contributed by atoms with Gasteiger partial charge in [0.15, 0.2) is 0 Å². The molecule has 0 saturated carbocycles. The zero-order valence-electron chi connectivity index (χ0n) is 14.6. The number of nitro groups is 1. The van der Waals surface area contributed by atoms with Crippen LogP contribution in [0.2, 0.25) is 0 Å². The van der Waals surface area contributed by atoms with Gasteiger partial charge in [0.05, 0.1) is 17.2 Å². The summed E-state index contributed by atoms with van der Waals surface area (Å²) in [4.78, 5) is 23.2. The quantitative estimate of drug-likeness (QED) is 0.459. The van der Waals surface area contributed by atoms with Crippen LogP contribution < -0.4 is 15.4 Å². The molecule has 2 heterocycles. The molecule has 3 rings (SSSR count). The zero-order chi connectivity index (χ0) is 19.1. The highest BCUT2D eigenvalue weighted by molar-refractivity contribution is 5.75. The lowest BCUT2D eigenvalue weighted by atomic mass is 10.2. The van der Waals surface area contributed by atoms with E-state index in [4.69, 9.17) is 4.74 Å². The number of para-hydroxylation sites is 2. The molecule has 0 aliphatic heterocycles. The van der Waals surface area contributed by atoms with Crippen molar-refractivity contribution in [2.24, 2.45) is 0 Å². The highest BCUT2D eigenvalue weighted by Crippen LogP contribution is 2.34. The minimum absolute atomic E-state index is 0.0795. The third-order valence-corrected chi connectivity index (χ3v) is 3.63. The molecule has 2 aromatic heterocycles. The van der Waals surface area contributed by atoms with E-state index in [1.807, 2.05) is 19.1 Å². The molecule has 0 aliphatic carbocycles. The Morgan fingerprint density at radius 1 is 1.15 bits per heavy atom. The van der Waals surface area contributed by atoms with Crippen LogP contribution in [-0.4, -0.2) is 26.5 Å². The van der Waals surface area contributed by atoms with Gasteiger partial charge in [0.25, 0.3) is 0 Å². The van der Waals surface area contributed by atoms with E-state index in [0.29, 0.717) is 24.6 Å². The number of benzene rings is 1. The van der Waals surface area contributed by atoms with E-state index in [0.717, 1.165) is 5.56 Å². The number of ether oxygens (including phenoxy) is 1. The number of pyridine rings is 1. The molecular weight excluding hydrogens is 348 g/mol. The maximum absolute atomic E-state index is 11.7. The van der Waals surface area contributed by atoms with Crippen molar-refractivity contribution in [3.05, 3.63) is 70.8 Å². The van der Waals surface area contributed by atoms with Gasteiger partial charge in [-0.1, -0.05) is 18.2 Å². The van der Waals surface area contributed by atoms with Crippen molar-refractivity contribution in [3.8, 4) is 5.75 Å². The summed E-state index contributed by atoms with van der Waals surface area (Å²) < 4.78 is 5.55. The number of anilines is 3. The van der Waals surface area contributed by atoms with Gasteiger partial charge in [0.2, 0.25) is 11.6 Å². The summed E-state index contributed by atoms with van der Waals surface area (Å²) in [5.74, 6) is 0.781. The lowest BCUT2D eigenvalue weighted by Gasteiger charge is -2.13. The lowest BCUT2D eigenvalue weighted by molar-refractivity contribution is -0.383.